The Balaban J connectivity index is 1.43. The number of piperidine rings is 1. The summed E-state index contributed by atoms with van der Waals surface area (Å²) in [6, 6.07) is 5.05. The van der Waals surface area contributed by atoms with Crippen LogP contribution >= 0.6 is 0 Å². The molecule has 0 radical (unpaired) electrons. The van der Waals surface area contributed by atoms with Crippen molar-refractivity contribution in [2.75, 3.05) is 32.8 Å². The summed E-state index contributed by atoms with van der Waals surface area (Å²) in [7, 11) is 1.71. The van der Waals surface area contributed by atoms with Gasteiger partial charge in [0, 0.05) is 32.1 Å². The summed E-state index contributed by atoms with van der Waals surface area (Å²) in [6.45, 7) is 8.78. The van der Waals surface area contributed by atoms with E-state index in [-0.39, 0.29) is 24.1 Å². The molecule has 4 rings (SSSR count). The summed E-state index contributed by atoms with van der Waals surface area (Å²) in [5.74, 6) is -0.749. The molecule has 11 nitrogen and oxygen atoms in total. The highest BCUT2D eigenvalue weighted by Gasteiger charge is 2.33. The van der Waals surface area contributed by atoms with Crippen molar-refractivity contribution in [3.05, 3.63) is 34.2 Å². The summed E-state index contributed by atoms with van der Waals surface area (Å²) >= 11 is 0. The molecule has 3 amide bonds. The van der Waals surface area contributed by atoms with Crippen molar-refractivity contribution in [1.29, 1.82) is 0 Å². The Hall–Kier alpha value is -3.18. The number of morpholine rings is 1. The normalized spacial score (nSPS) is 21.3. The lowest BCUT2D eigenvalue weighted by Gasteiger charge is -2.39. The van der Waals surface area contributed by atoms with E-state index in [0.29, 0.717) is 31.6 Å². The van der Waals surface area contributed by atoms with Crippen LogP contribution in [-0.4, -0.2) is 86.4 Å². The molecule has 2 fully saturated rings. The summed E-state index contributed by atoms with van der Waals surface area (Å²) in [5.41, 5.74) is 1.75. The average Bonchev–Trinajstić information content (AvgIpc) is 3.08. The van der Waals surface area contributed by atoms with Crippen LogP contribution in [0.15, 0.2) is 23.0 Å². The molecule has 202 valence electrons. The standard InChI is InChI=1S/C26H37N5O6/c1-26(2,3)30(25(35)36)16-18-15-29(13-14-37-18)12-6-8-17-7-5-9-19-22(17)28(4)24(34)31(19)20-10-11-21(32)27-23(20)33/h5,7,9,18,20H,6,8,10-16H2,1-4H3,(H,35,36)(H,27,32,33)/t18-,20?/m0/s1. The second-order valence-corrected chi connectivity index (χ2v) is 10.9. The molecular formula is C26H37N5O6. The zero-order valence-corrected chi connectivity index (χ0v) is 22.0. The van der Waals surface area contributed by atoms with E-state index in [4.69, 9.17) is 4.74 Å². The first-order valence-corrected chi connectivity index (χ1v) is 12.8. The Morgan fingerprint density at radius 2 is 2.00 bits per heavy atom. The zero-order valence-electron chi connectivity index (χ0n) is 22.0. The van der Waals surface area contributed by atoms with E-state index in [1.165, 1.54) is 9.47 Å². The molecular weight excluding hydrogens is 478 g/mol. The molecule has 37 heavy (non-hydrogen) atoms. The lowest BCUT2D eigenvalue weighted by Crippen LogP contribution is -2.53. The number of aryl methyl sites for hydroxylation is 2. The predicted molar refractivity (Wildman–Crippen MR) is 138 cm³/mol. The van der Waals surface area contributed by atoms with Crippen molar-refractivity contribution >= 4 is 28.9 Å². The number of imide groups is 1. The minimum Gasteiger partial charge on any atom is -0.465 e. The predicted octanol–water partition coefficient (Wildman–Crippen LogP) is 1.73. The fraction of sp³-hybridized carbons (Fsp3) is 0.615. The average molecular weight is 516 g/mol. The van der Waals surface area contributed by atoms with Crippen LogP contribution in [0, 0.1) is 0 Å². The maximum atomic E-state index is 13.1. The number of hydrogen-bond donors (Lipinski definition) is 2. The minimum absolute atomic E-state index is 0.184. The molecule has 0 spiro atoms. The van der Waals surface area contributed by atoms with Crippen molar-refractivity contribution in [1.82, 2.24) is 24.3 Å². The van der Waals surface area contributed by atoms with Gasteiger partial charge in [-0.15, -0.1) is 0 Å². The number of fused-ring (bicyclic) bond motifs is 1. The monoisotopic (exact) mass is 515 g/mol. The summed E-state index contributed by atoms with van der Waals surface area (Å²) < 4.78 is 8.97. The van der Waals surface area contributed by atoms with E-state index >= 15 is 0 Å². The van der Waals surface area contributed by atoms with Gasteiger partial charge in [0.2, 0.25) is 11.8 Å². The Kier molecular flexibility index (Phi) is 7.75. The Bertz CT molecular complexity index is 1240. The number of benzene rings is 1. The summed E-state index contributed by atoms with van der Waals surface area (Å²) in [6.07, 6.45) is 0.980. The van der Waals surface area contributed by atoms with Crippen LogP contribution in [0.5, 0.6) is 0 Å². The number of amides is 3. The van der Waals surface area contributed by atoms with Crippen molar-refractivity contribution in [2.24, 2.45) is 7.05 Å². The molecule has 2 aromatic rings. The van der Waals surface area contributed by atoms with Crippen molar-refractivity contribution in [3.63, 3.8) is 0 Å². The van der Waals surface area contributed by atoms with Gasteiger partial charge >= 0.3 is 11.8 Å². The topological polar surface area (TPSA) is 126 Å². The number of hydrogen-bond acceptors (Lipinski definition) is 6. The van der Waals surface area contributed by atoms with Gasteiger partial charge < -0.3 is 14.7 Å². The number of rotatable bonds is 7. The van der Waals surface area contributed by atoms with Crippen LogP contribution in [0.3, 0.4) is 0 Å². The summed E-state index contributed by atoms with van der Waals surface area (Å²) in [4.78, 5) is 52.6. The van der Waals surface area contributed by atoms with E-state index in [1.54, 1.807) is 11.6 Å². The van der Waals surface area contributed by atoms with E-state index < -0.39 is 23.6 Å². The minimum atomic E-state index is -0.948. The molecule has 11 heteroatoms. The van der Waals surface area contributed by atoms with Crippen molar-refractivity contribution in [3.8, 4) is 0 Å². The number of carbonyl (C=O) groups excluding carboxylic acids is 2. The van der Waals surface area contributed by atoms with Crippen LogP contribution in [0.2, 0.25) is 0 Å². The van der Waals surface area contributed by atoms with E-state index in [9.17, 15) is 24.3 Å². The largest absolute Gasteiger partial charge is 0.465 e. The van der Waals surface area contributed by atoms with Crippen LogP contribution in [0.4, 0.5) is 4.79 Å². The molecule has 2 aliphatic heterocycles. The van der Waals surface area contributed by atoms with Gasteiger partial charge in [-0.2, -0.15) is 0 Å². The highest BCUT2D eigenvalue weighted by molar-refractivity contribution is 6.00. The van der Waals surface area contributed by atoms with E-state index in [0.717, 1.165) is 37.0 Å². The Labute approximate surface area is 216 Å². The second-order valence-electron chi connectivity index (χ2n) is 10.9. The molecule has 1 aromatic heterocycles. The van der Waals surface area contributed by atoms with Crippen LogP contribution in [0.25, 0.3) is 11.0 Å². The van der Waals surface area contributed by atoms with Crippen molar-refractivity contribution < 1.29 is 24.2 Å². The molecule has 3 heterocycles. The molecule has 2 N–H and O–H groups in total. The van der Waals surface area contributed by atoms with Gasteiger partial charge in [-0.25, -0.2) is 9.59 Å². The van der Waals surface area contributed by atoms with Gasteiger partial charge in [-0.3, -0.25) is 28.9 Å². The zero-order chi connectivity index (χ0) is 26.9. The Morgan fingerprint density at radius 1 is 1.24 bits per heavy atom. The maximum absolute atomic E-state index is 13.1. The first kappa shape index (κ1) is 26.9. The Morgan fingerprint density at radius 3 is 2.68 bits per heavy atom. The molecule has 2 atom stereocenters. The number of imidazole rings is 1. The maximum Gasteiger partial charge on any atom is 0.407 e. The smallest absolute Gasteiger partial charge is 0.407 e. The molecule has 2 aliphatic rings. The van der Waals surface area contributed by atoms with Crippen LogP contribution < -0.4 is 11.0 Å². The van der Waals surface area contributed by atoms with E-state index in [2.05, 4.69) is 10.2 Å². The van der Waals surface area contributed by atoms with Crippen molar-refractivity contribution in [2.45, 2.75) is 64.1 Å². The molecule has 1 unspecified atom stereocenters. The third kappa shape index (κ3) is 5.72. The first-order chi connectivity index (χ1) is 17.5. The molecule has 2 saturated heterocycles. The SMILES string of the molecule is Cn1c(=O)n(C2CCC(=O)NC2=O)c2cccc(CCCN3CCO[C@H](CN(C(=O)O)C(C)(C)C)C3)c21. The lowest BCUT2D eigenvalue weighted by molar-refractivity contribution is -0.135. The summed E-state index contributed by atoms with van der Waals surface area (Å²) in [5, 5.41) is 12.0. The van der Waals surface area contributed by atoms with Crippen LogP contribution in [0.1, 0.15) is 51.6 Å². The second kappa shape index (κ2) is 10.7. The highest BCUT2D eigenvalue weighted by Crippen LogP contribution is 2.26. The lowest BCUT2D eigenvalue weighted by atomic mass is 10.0. The number of aromatic nitrogens is 2. The molecule has 0 bridgehead atoms. The first-order valence-electron chi connectivity index (χ1n) is 12.8. The van der Waals surface area contributed by atoms with Gasteiger partial charge in [0.25, 0.3) is 0 Å². The number of para-hydroxylation sites is 1. The number of carbonyl (C=O) groups is 3. The molecule has 0 aliphatic carbocycles. The fourth-order valence-electron chi connectivity index (χ4n) is 5.38. The van der Waals surface area contributed by atoms with Crippen LogP contribution in [-0.2, 0) is 27.8 Å². The van der Waals surface area contributed by atoms with Gasteiger partial charge in [-0.1, -0.05) is 12.1 Å². The highest BCUT2D eigenvalue weighted by atomic mass is 16.5. The third-order valence-electron chi connectivity index (χ3n) is 7.28. The van der Waals surface area contributed by atoms with E-state index in [1.807, 2.05) is 39.0 Å². The fourth-order valence-corrected chi connectivity index (χ4v) is 5.38. The number of nitrogens with zero attached hydrogens (tertiary/aromatic N) is 4. The number of ether oxygens (including phenoxy) is 1. The van der Waals surface area contributed by atoms with Gasteiger partial charge in [0.1, 0.15) is 6.04 Å². The molecule has 0 saturated carbocycles. The third-order valence-corrected chi connectivity index (χ3v) is 7.28. The van der Waals surface area contributed by atoms with Gasteiger partial charge in [0.15, 0.2) is 0 Å². The quantitative estimate of drug-likeness (QED) is 0.538. The van der Waals surface area contributed by atoms with Gasteiger partial charge in [-0.05, 0) is 58.2 Å². The number of nitrogens with one attached hydrogen (secondary N) is 1. The van der Waals surface area contributed by atoms with Gasteiger partial charge in [0.05, 0.1) is 30.3 Å². The molecule has 1 aromatic carbocycles. The number of carboxylic acid groups (broad SMARTS) is 1.